The fourth-order valence-electron chi connectivity index (χ4n) is 3.98. The van der Waals surface area contributed by atoms with Crippen LogP contribution in [0.2, 0.25) is 5.02 Å². The molecular weight excluding hydrogens is 312 g/mol. The number of carbonyl (C=O) groups is 1. The van der Waals surface area contributed by atoms with E-state index in [1.54, 1.807) is 0 Å². The van der Waals surface area contributed by atoms with Crippen molar-refractivity contribution in [3.05, 3.63) is 34.3 Å². The van der Waals surface area contributed by atoms with Gasteiger partial charge in [0.05, 0.1) is 12.5 Å². The first-order chi connectivity index (χ1) is 11.1. The van der Waals surface area contributed by atoms with Crippen LogP contribution in [0.4, 0.5) is 0 Å². The number of cyclic esters (lactones) is 1. The van der Waals surface area contributed by atoms with E-state index in [0.29, 0.717) is 12.3 Å². The highest BCUT2D eigenvalue weighted by molar-refractivity contribution is 6.31. The maximum Gasteiger partial charge on any atom is 0.308 e. The molecule has 2 fully saturated rings. The highest BCUT2D eigenvalue weighted by Gasteiger charge is 2.28. The van der Waals surface area contributed by atoms with Crippen molar-refractivity contribution in [3.8, 4) is 0 Å². The minimum Gasteiger partial charge on any atom is -0.462 e. The van der Waals surface area contributed by atoms with Gasteiger partial charge in [-0.15, -0.1) is 0 Å². The van der Waals surface area contributed by atoms with E-state index < -0.39 is 6.10 Å². The zero-order valence-electron chi connectivity index (χ0n) is 13.5. The van der Waals surface area contributed by atoms with Crippen molar-refractivity contribution >= 4 is 17.6 Å². The predicted octanol–water partition coefficient (Wildman–Crippen LogP) is 4.39. The summed E-state index contributed by atoms with van der Waals surface area (Å²) in [7, 11) is 0. The van der Waals surface area contributed by atoms with Gasteiger partial charge in [-0.3, -0.25) is 4.79 Å². The van der Waals surface area contributed by atoms with Crippen molar-refractivity contribution in [1.29, 1.82) is 0 Å². The van der Waals surface area contributed by atoms with Crippen molar-refractivity contribution in [2.75, 3.05) is 0 Å². The number of aliphatic hydroxyl groups is 1. The summed E-state index contributed by atoms with van der Waals surface area (Å²) in [5.74, 6) is 0.317. The number of benzene rings is 1. The molecule has 1 aromatic rings. The van der Waals surface area contributed by atoms with Gasteiger partial charge in [-0.1, -0.05) is 43.0 Å². The van der Waals surface area contributed by atoms with Gasteiger partial charge in [-0.2, -0.15) is 0 Å². The SMILES string of the molecule is O=C1CC(O)CC(CCc2c(Cl)cccc2C2CCCCC2)O1. The number of esters is 1. The van der Waals surface area contributed by atoms with Crippen LogP contribution in [0.25, 0.3) is 0 Å². The van der Waals surface area contributed by atoms with E-state index in [1.807, 2.05) is 12.1 Å². The zero-order valence-corrected chi connectivity index (χ0v) is 14.2. The van der Waals surface area contributed by atoms with Gasteiger partial charge in [-0.05, 0) is 48.8 Å². The van der Waals surface area contributed by atoms with Crippen LogP contribution in [0.5, 0.6) is 0 Å². The molecule has 1 aliphatic carbocycles. The van der Waals surface area contributed by atoms with Gasteiger partial charge in [0.2, 0.25) is 0 Å². The average molecular weight is 337 g/mol. The molecule has 1 saturated heterocycles. The minimum absolute atomic E-state index is 0.121. The first-order valence-corrected chi connectivity index (χ1v) is 9.16. The first-order valence-electron chi connectivity index (χ1n) is 8.78. The predicted molar refractivity (Wildman–Crippen MR) is 90.7 cm³/mol. The summed E-state index contributed by atoms with van der Waals surface area (Å²) >= 11 is 6.47. The Morgan fingerprint density at radius 3 is 2.74 bits per heavy atom. The number of hydrogen-bond acceptors (Lipinski definition) is 3. The lowest BCUT2D eigenvalue weighted by Crippen LogP contribution is -2.32. The summed E-state index contributed by atoms with van der Waals surface area (Å²) in [6, 6.07) is 6.20. The third kappa shape index (κ3) is 4.27. The van der Waals surface area contributed by atoms with Crippen LogP contribution >= 0.6 is 11.6 Å². The summed E-state index contributed by atoms with van der Waals surface area (Å²) in [5.41, 5.74) is 2.58. The lowest BCUT2D eigenvalue weighted by atomic mass is 9.81. The number of rotatable bonds is 4. The molecule has 0 aromatic heterocycles. The molecule has 2 unspecified atom stereocenters. The van der Waals surface area contributed by atoms with Crippen molar-refractivity contribution in [2.24, 2.45) is 0 Å². The Labute approximate surface area is 143 Å². The van der Waals surface area contributed by atoms with Crippen molar-refractivity contribution in [1.82, 2.24) is 0 Å². The molecule has 126 valence electrons. The van der Waals surface area contributed by atoms with E-state index in [0.717, 1.165) is 17.9 Å². The maximum atomic E-state index is 11.5. The van der Waals surface area contributed by atoms with Gasteiger partial charge in [0.15, 0.2) is 0 Å². The highest BCUT2D eigenvalue weighted by atomic mass is 35.5. The number of carbonyl (C=O) groups excluding carboxylic acids is 1. The van der Waals surface area contributed by atoms with Crippen LogP contribution in [-0.2, 0) is 16.0 Å². The molecule has 2 aliphatic rings. The first kappa shape index (κ1) is 16.8. The number of ether oxygens (including phenoxy) is 1. The van der Waals surface area contributed by atoms with E-state index in [2.05, 4.69) is 6.07 Å². The zero-order chi connectivity index (χ0) is 16.2. The molecule has 0 spiro atoms. The van der Waals surface area contributed by atoms with Gasteiger partial charge in [0, 0.05) is 11.4 Å². The quantitative estimate of drug-likeness (QED) is 0.829. The molecule has 0 bridgehead atoms. The van der Waals surface area contributed by atoms with E-state index in [1.165, 1.54) is 43.2 Å². The largest absolute Gasteiger partial charge is 0.462 e. The summed E-state index contributed by atoms with van der Waals surface area (Å²) in [5, 5.41) is 10.5. The molecule has 1 aliphatic heterocycles. The number of hydrogen-bond donors (Lipinski definition) is 1. The summed E-state index contributed by atoms with van der Waals surface area (Å²) < 4.78 is 5.36. The Bertz CT molecular complexity index is 552. The lowest BCUT2D eigenvalue weighted by molar-refractivity contribution is -0.160. The second-order valence-corrected chi connectivity index (χ2v) is 7.29. The van der Waals surface area contributed by atoms with Crippen molar-refractivity contribution in [2.45, 2.75) is 75.9 Å². The molecule has 2 atom stereocenters. The Morgan fingerprint density at radius 2 is 2.00 bits per heavy atom. The van der Waals surface area contributed by atoms with Crippen LogP contribution in [0.15, 0.2) is 18.2 Å². The molecule has 1 heterocycles. The minimum atomic E-state index is -0.565. The Kier molecular flexibility index (Phi) is 5.60. The van der Waals surface area contributed by atoms with Crippen molar-refractivity contribution < 1.29 is 14.6 Å². The van der Waals surface area contributed by atoms with Crippen LogP contribution in [0.3, 0.4) is 0 Å². The van der Waals surface area contributed by atoms with E-state index in [-0.39, 0.29) is 18.5 Å². The van der Waals surface area contributed by atoms with Gasteiger partial charge in [0.25, 0.3) is 0 Å². The van der Waals surface area contributed by atoms with Crippen LogP contribution in [0.1, 0.15) is 68.4 Å². The third-order valence-corrected chi connectivity index (χ3v) is 5.51. The fraction of sp³-hybridized carbons (Fsp3) is 0.632. The summed E-state index contributed by atoms with van der Waals surface area (Å²) in [6.07, 6.45) is 7.84. The summed E-state index contributed by atoms with van der Waals surface area (Å²) in [6.45, 7) is 0. The molecular formula is C19H25ClO3. The molecule has 1 saturated carbocycles. The van der Waals surface area contributed by atoms with E-state index in [4.69, 9.17) is 16.3 Å². The summed E-state index contributed by atoms with van der Waals surface area (Å²) in [4.78, 5) is 11.5. The molecule has 1 aromatic carbocycles. The molecule has 4 heteroatoms. The second-order valence-electron chi connectivity index (χ2n) is 6.89. The number of aliphatic hydroxyl groups excluding tert-OH is 1. The van der Waals surface area contributed by atoms with Gasteiger partial charge < -0.3 is 9.84 Å². The smallest absolute Gasteiger partial charge is 0.308 e. The monoisotopic (exact) mass is 336 g/mol. The van der Waals surface area contributed by atoms with E-state index >= 15 is 0 Å². The molecule has 0 radical (unpaired) electrons. The molecule has 3 rings (SSSR count). The van der Waals surface area contributed by atoms with Gasteiger partial charge >= 0.3 is 5.97 Å². The number of halogens is 1. The van der Waals surface area contributed by atoms with E-state index in [9.17, 15) is 9.90 Å². The topological polar surface area (TPSA) is 46.5 Å². The van der Waals surface area contributed by atoms with Crippen molar-refractivity contribution in [3.63, 3.8) is 0 Å². The second kappa shape index (κ2) is 7.67. The maximum absolute atomic E-state index is 11.5. The normalized spacial score (nSPS) is 26.1. The molecule has 0 amide bonds. The standard InChI is InChI=1S/C19H25ClO3/c20-18-8-4-7-16(13-5-2-1-3-6-13)17(18)10-9-15-11-14(21)12-19(22)23-15/h4,7-8,13-15,21H,1-3,5-6,9-12H2. The van der Waals surface area contributed by atoms with Gasteiger partial charge in [-0.25, -0.2) is 0 Å². The Morgan fingerprint density at radius 1 is 1.22 bits per heavy atom. The Hall–Kier alpha value is -1.06. The van der Waals surface area contributed by atoms with Crippen LogP contribution in [-0.4, -0.2) is 23.3 Å². The van der Waals surface area contributed by atoms with Crippen LogP contribution < -0.4 is 0 Å². The highest BCUT2D eigenvalue weighted by Crippen LogP contribution is 2.37. The molecule has 23 heavy (non-hydrogen) atoms. The average Bonchev–Trinajstić information content (AvgIpc) is 2.53. The van der Waals surface area contributed by atoms with Gasteiger partial charge in [0.1, 0.15) is 6.10 Å². The molecule has 1 N–H and O–H groups in total. The lowest BCUT2D eigenvalue weighted by Gasteiger charge is -2.28. The Balaban J connectivity index is 1.70. The molecule has 3 nitrogen and oxygen atoms in total. The van der Waals surface area contributed by atoms with Crippen LogP contribution in [0, 0.1) is 0 Å². The third-order valence-electron chi connectivity index (χ3n) is 5.15. The fourth-order valence-corrected chi connectivity index (χ4v) is 4.25.